The fourth-order valence-electron chi connectivity index (χ4n) is 2.83. The first-order valence-corrected chi connectivity index (χ1v) is 11.1. The molecule has 32 heavy (non-hydrogen) atoms. The van der Waals surface area contributed by atoms with Crippen molar-refractivity contribution in [3.05, 3.63) is 96.2 Å². The van der Waals surface area contributed by atoms with Gasteiger partial charge in [-0.25, -0.2) is 8.42 Å². The number of sulfonamides is 1. The lowest BCUT2D eigenvalue weighted by Crippen LogP contribution is -2.13. The Morgan fingerprint density at radius 3 is 2.25 bits per heavy atom. The molecule has 3 aromatic rings. The first kappa shape index (κ1) is 22.8. The fourth-order valence-corrected chi connectivity index (χ4v) is 3.88. The maximum atomic E-state index is 12.6. The van der Waals surface area contributed by atoms with E-state index in [0.29, 0.717) is 28.3 Å². The third-order valence-electron chi connectivity index (χ3n) is 4.52. The molecule has 0 bridgehead atoms. The molecule has 0 amide bonds. The number of rotatable bonds is 9. The Morgan fingerprint density at radius 1 is 0.875 bits per heavy atom. The van der Waals surface area contributed by atoms with Crippen molar-refractivity contribution in [2.75, 3.05) is 17.1 Å². The second kappa shape index (κ2) is 9.93. The SMILES string of the molecule is COc1cccc(C(=O)/C=C\Nc2ccc(S(=O)(=O)Nc3cccc(C(C)=O)c3)cc2)c1. The molecule has 7 nitrogen and oxygen atoms in total. The molecule has 3 rings (SSSR count). The van der Waals surface area contributed by atoms with Crippen molar-refractivity contribution >= 4 is 33.0 Å². The van der Waals surface area contributed by atoms with Crippen LogP contribution in [0.4, 0.5) is 11.4 Å². The van der Waals surface area contributed by atoms with Crippen LogP contribution in [0.15, 0.2) is 90.0 Å². The van der Waals surface area contributed by atoms with E-state index in [1.807, 2.05) is 0 Å². The van der Waals surface area contributed by atoms with Crippen molar-refractivity contribution in [2.45, 2.75) is 11.8 Å². The summed E-state index contributed by atoms with van der Waals surface area (Å²) in [5.41, 5.74) is 1.82. The molecule has 0 saturated carbocycles. The summed E-state index contributed by atoms with van der Waals surface area (Å²) in [6, 6.07) is 19.2. The molecule has 0 atom stereocenters. The summed E-state index contributed by atoms with van der Waals surface area (Å²) in [4.78, 5) is 23.8. The molecule has 0 saturated heterocycles. The number of ketones is 2. The Hall–Kier alpha value is -3.91. The summed E-state index contributed by atoms with van der Waals surface area (Å²) in [6.07, 6.45) is 2.86. The minimum Gasteiger partial charge on any atom is -0.497 e. The second-order valence-corrected chi connectivity index (χ2v) is 8.52. The van der Waals surface area contributed by atoms with Crippen LogP contribution >= 0.6 is 0 Å². The van der Waals surface area contributed by atoms with Gasteiger partial charge in [-0.2, -0.15) is 0 Å². The number of hydrogen-bond donors (Lipinski definition) is 2. The smallest absolute Gasteiger partial charge is 0.261 e. The summed E-state index contributed by atoms with van der Waals surface area (Å²) in [5, 5.41) is 2.94. The number of ether oxygens (including phenoxy) is 1. The molecule has 0 spiro atoms. The van der Waals surface area contributed by atoms with Gasteiger partial charge in [-0.15, -0.1) is 0 Å². The Labute approximate surface area is 186 Å². The molecule has 0 aliphatic heterocycles. The van der Waals surface area contributed by atoms with Crippen LogP contribution in [0.2, 0.25) is 0 Å². The van der Waals surface area contributed by atoms with Crippen LogP contribution in [0.3, 0.4) is 0 Å². The summed E-state index contributed by atoms with van der Waals surface area (Å²) >= 11 is 0. The zero-order chi connectivity index (χ0) is 23.1. The number of carbonyl (C=O) groups excluding carboxylic acids is 2. The number of Topliss-reactive ketones (excluding diaryl/α,β-unsaturated/α-hetero) is 1. The van der Waals surface area contributed by atoms with Crippen LogP contribution in [0, 0.1) is 0 Å². The van der Waals surface area contributed by atoms with E-state index in [1.165, 1.54) is 44.5 Å². The lowest BCUT2D eigenvalue weighted by Gasteiger charge is -2.09. The molecule has 0 fully saturated rings. The molecule has 0 aliphatic rings. The predicted octanol–water partition coefficient (Wildman–Crippen LogP) is 4.51. The van der Waals surface area contributed by atoms with E-state index in [0.717, 1.165) is 0 Å². The van der Waals surface area contributed by atoms with Crippen molar-refractivity contribution in [2.24, 2.45) is 0 Å². The van der Waals surface area contributed by atoms with Crippen LogP contribution in [0.1, 0.15) is 27.6 Å². The van der Waals surface area contributed by atoms with Gasteiger partial charge in [-0.3, -0.25) is 14.3 Å². The molecular weight excluding hydrogens is 428 g/mol. The van der Waals surface area contributed by atoms with E-state index in [-0.39, 0.29) is 16.5 Å². The zero-order valence-electron chi connectivity index (χ0n) is 17.5. The van der Waals surface area contributed by atoms with Gasteiger partial charge in [0.05, 0.1) is 12.0 Å². The average Bonchev–Trinajstić information content (AvgIpc) is 2.79. The molecule has 0 radical (unpaired) electrons. The zero-order valence-corrected chi connectivity index (χ0v) is 18.3. The third-order valence-corrected chi connectivity index (χ3v) is 5.92. The highest BCUT2D eigenvalue weighted by Gasteiger charge is 2.14. The summed E-state index contributed by atoms with van der Waals surface area (Å²) in [7, 11) is -2.29. The van der Waals surface area contributed by atoms with Gasteiger partial charge >= 0.3 is 0 Å². The summed E-state index contributed by atoms with van der Waals surface area (Å²) in [5.74, 6) is 0.239. The number of benzene rings is 3. The van der Waals surface area contributed by atoms with Crippen LogP contribution in [-0.4, -0.2) is 27.1 Å². The van der Waals surface area contributed by atoms with Crippen molar-refractivity contribution in [1.82, 2.24) is 0 Å². The molecule has 2 N–H and O–H groups in total. The highest BCUT2D eigenvalue weighted by molar-refractivity contribution is 7.92. The van der Waals surface area contributed by atoms with Gasteiger partial charge < -0.3 is 10.1 Å². The predicted molar refractivity (Wildman–Crippen MR) is 124 cm³/mol. The topological polar surface area (TPSA) is 102 Å². The quantitative estimate of drug-likeness (QED) is 0.367. The molecular formula is C24H22N2O5S. The Kier molecular flexibility index (Phi) is 7.07. The molecule has 164 valence electrons. The van der Waals surface area contributed by atoms with Crippen molar-refractivity contribution in [3.63, 3.8) is 0 Å². The lowest BCUT2D eigenvalue weighted by atomic mass is 10.1. The van der Waals surface area contributed by atoms with E-state index in [2.05, 4.69) is 10.0 Å². The number of hydrogen-bond acceptors (Lipinski definition) is 6. The van der Waals surface area contributed by atoms with Crippen LogP contribution in [0.5, 0.6) is 5.75 Å². The van der Waals surface area contributed by atoms with Crippen molar-refractivity contribution in [1.29, 1.82) is 0 Å². The fraction of sp³-hybridized carbons (Fsp3) is 0.0833. The monoisotopic (exact) mass is 450 g/mol. The van der Waals surface area contributed by atoms with Crippen LogP contribution in [0.25, 0.3) is 0 Å². The molecule has 0 heterocycles. The first-order chi connectivity index (χ1) is 15.3. The summed E-state index contributed by atoms with van der Waals surface area (Å²) in [6.45, 7) is 1.41. The number of carbonyl (C=O) groups is 2. The van der Waals surface area contributed by atoms with Gasteiger partial charge in [-0.05, 0) is 55.5 Å². The first-order valence-electron chi connectivity index (χ1n) is 9.64. The van der Waals surface area contributed by atoms with Crippen molar-refractivity contribution < 1.29 is 22.7 Å². The third kappa shape index (κ3) is 5.83. The van der Waals surface area contributed by atoms with Gasteiger partial charge in [0.25, 0.3) is 10.0 Å². The standard InChI is InChI=1S/C24H22N2O5S/c1-17(27)18-5-3-7-21(15-18)26-32(29,30)23-11-9-20(10-12-23)25-14-13-24(28)19-6-4-8-22(16-19)31-2/h3-16,25-26H,1-2H3/b14-13-. The van der Waals surface area contributed by atoms with E-state index < -0.39 is 10.0 Å². The summed E-state index contributed by atoms with van der Waals surface area (Å²) < 4.78 is 32.8. The maximum Gasteiger partial charge on any atom is 0.261 e. The van der Waals surface area contributed by atoms with Gasteiger partial charge in [-0.1, -0.05) is 24.3 Å². The normalized spacial score (nSPS) is 11.2. The van der Waals surface area contributed by atoms with Gasteiger partial charge in [0.2, 0.25) is 0 Å². The van der Waals surface area contributed by atoms with Crippen LogP contribution in [-0.2, 0) is 10.0 Å². The Morgan fingerprint density at radius 2 is 1.56 bits per heavy atom. The van der Waals surface area contributed by atoms with E-state index in [4.69, 9.17) is 4.74 Å². The number of allylic oxidation sites excluding steroid dienone is 1. The highest BCUT2D eigenvalue weighted by atomic mass is 32.2. The number of anilines is 2. The minimum absolute atomic E-state index is 0.0627. The van der Waals surface area contributed by atoms with Gasteiger partial charge in [0.1, 0.15) is 5.75 Å². The Bertz CT molecular complexity index is 1270. The minimum atomic E-state index is -3.82. The second-order valence-electron chi connectivity index (χ2n) is 6.84. The van der Waals surface area contributed by atoms with E-state index >= 15 is 0 Å². The largest absolute Gasteiger partial charge is 0.497 e. The number of methoxy groups -OCH3 is 1. The van der Waals surface area contributed by atoms with E-state index in [9.17, 15) is 18.0 Å². The van der Waals surface area contributed by atoms with Gasteiger partial charge in [0.15, 0.2) is 11.6 Å². The van der Waals surface area contributed by atoms with Crippen molar-refractivity contribution in [3.8, 4) is 5.75 Å². The van der Waals surface area contributed by atoms with E-state index in [1.54, 1.807) is 54.6 Å². The molecule has 0 unspecified atom stereocenters. The highest BCUT2D eigenvalue weighted by Crippen LogP contribution is 2.20. The van der Waals surface area contributed by atoms with Crippen LogP contribution < -0.4 is 14.8 Å². The lowest BCUT2D eigenvalue weighted by molar-refractivity contribution is 0.101. The maximum absolute atomic E-state index is 12.6. The number of nitrogens with one attached hydrogen (secondary N) is 2. The molecule has 0 aromatic heterocycles. The van der Waals surface area contributed by atoms with Gasteiger partial charge in [0, 0.05) is 34.8 Å². The molecule has 0 aliphatic carbocycles. The molecule has 3 aromatic carbocycles. The average molecular weight is 451 g/mol. The Balaban J connectivity index is 1.65. The molecule has 8 heteroatoms.